The Hall–Kier alpha value is -2.59. The Labute approximate surface area is 152 Å². The van der Waals surface area contributed by atoms with E-state index in [-0.39, 0.29) is 5.91 Å². The molecule has 0 radical (unpaired) electrons. The maximum Gasteiger partial charge on any atom is 0.259 e. The highest BCUT2D eigenvalue weighted by Crippen LogP contribution is 2.24. The van der Waals surface area contributed by atoms with Gasteiger partial charge in [0.05, 0.1) is 28.5 Å². The van der Waals surface area contributed by atoms with Crippen LogP contribution in [0.15, 0.2) is 48.5 Å². The van der Waals surface area contributed by atoms with Gasteiger partial charge in [0.15, 0.2) is 0 Å². The summed E-state index contributed by atoms with van der Waals surface area (Å²) in [5.41, 5.74) is 4.92. The molecule has 0 bridgehead atoms. The highest BCUT2D eigenvalue weighted by Gasteiger charge is 2.19. The number of carbonyl (C=O) groups excluding carboxylic acids is 1. The Morgan fingerprint density at radius 1 is 1.12 bits per heavy atom. The van der Waals surface area contributed by atoms with Crippen molar-refractivity contribution in [3.8, 4) is 0 Å². The first-order chi connectivity index (χ1) is 12.0. The van der Waals surface area contributed by atoms with E-state index < -0.39 is 0 Å². The van der Waals surface area contributed by atoms with E-state index in [0.29, 0.717) is 28.5 Å². The minimum atomic E-state index is -0.194. The van der Waals surface area contributed by atoms with Crippen molar-refractivity contribution in [1.82, 2.24) is 9.78 Å². The van der Waals surface area contributed by atoms with Crippen LogP contribution in [0, 0.1) is 20.8 Å². The van der Waals surface area contributed by atoms with Gasteiger partial charge in [-0.15, -0.1) is 0 Å². The van der Waals surface area contributed by atoms with E-state index in [1.165, 1.54) is 0 Å². The molecule has 5 heteroatoms. The number of amides is 1. The number of nitrogens with one attached hydrogen (secondary N) is 1. The van der Waals surface area contributed by atoms with Gasteiger partial charge in [0.25, 0.3) is 5.91 Å². The van der Waals surface area contributed by atoms with Gasteiger partial charge in [-0.3, -0.25) is 9.48 Å². The van der Waals surface area contributed by atoms with Crippen molar-refractivity contribution in [3.05, 3.63) is 81.6 Å². The monoisotopic (exact) mass is 353 g/mol. The summed E-state index contributed by atoms with van der Waals surface area (Å²) in [6, 6.07) is 15.6. The summed E-state index contributed by atoms with van der Waals surface area (Å²) < 4.78 is 1.86. The lowest BCUT2D eigenvalue weighted by Gasteiger charge is -2.09. The minimum Gasteiger partial charge on any atom is -0.321 e. The SMILES string of the molecule is Cc1ccc(NC(=O)c2c(C)nn(Cc3ccccc3)c2C)c(Cl)c1. The van der Waals surface area contributed by atoms with Gasteiger partial charge >= 0.3 is 0 Å². The van der Waals surface area contributed by atoms with E-state index in [4.69, 9.17) is 11.6 Å². The number of hydrogen-bond acceptors (Lipinski definition) is 2. The van der Waals surface area contributed by atoms with Crippen LogP contribution in [-0.2, 0) is 6.54 Å². The number of anilines is 1. The molecule has 1 heterocycles. The second-order valence-electron chi connectivity index (χ2n) is 6.13. The predicted molar refractivity (Wildman–Crippen MR) is 101 cm³/mol. The van der Waals surface area contributed by atoms with Gasteiger partial charge in [-0.2, -0.15) is 5.10 Å². The molecule has 0 aliphatic carbocycles. The second-order valence-corrected chi connectivity index (χ2v) is 6.53. The van der Waals surface area contributed by atoms with Gasteiger partial charge in [0, 0.05) is 5.69 Å². The van der Waals surface area contributed by atoms with E-state index >= 15 is 0 Å². The molecule has 3 rings (SSSR count). The minimum absolute atomic E-state index is 0.194. The summed E-state index contributed by atoms with van der Waals surface area (Å²) in [5.74, 6) is -0.194. The molecule has 25 heavy (non-hydrogen) atoms. The molecule has 1 aromatic heterocycles. The molecule has 0 atom stereocenters. The number of rotatable bonds is 4. The zero-order chi connectivity index (χ0) is 18.0. The molecule has 128 valence electrons. The largest absolute Gasteiger partial charge is 0.321 e. The average molecular weight is 354 g/mol. The molecule has 0 aliphatic heterocycles. The number of aryl methyl sites for hydroxylation is 2. The van der Waals surface area contributed by atoms with E-state index in [2.05, 4.69) is 10.4 Å². The van der Waals surface area contributed by atoms with E-state index in [9.17, 15) is 4.79 Å². The normalized spacial score (nSPS) is 10.7. The summed E-state index contributed by atoms with van der Waals surface area (Å²) in [6.45, 7) is 6.35. The van der Waals surface area contributed by atoms with Crippen molar-refractivity contribution in [2.24, 2.45) is 0 Å². The summed E-state index contributed by atoms with van der Waals surface area (Å²) in [6.07, 6.45) is 0. The molecule has 0 saturated heterocycles. The number of carbonyl (C=O) groups is 1. The quantitative estimate of drug-likeness (QED) is 0.734. The first kappa shape index (κ1) is 17.2. The summed E-state index contributed by atoms with van der Waals surface area (Å²) in [4.78, 5) is 12.7. The first-order valence-corrected chi connectivity index (χ1v) is 8.49. The number of hydrogen-bond donors (Lipinski definition) is 1. The number of aromatic nitrogens is 2. The van der Waals surface area contributed by atoms with Crippen molar-refractivity contribution >= 4 is 23.2 Å². The molecule has 1 amide bonds. The number of nitrogens with zero attached hydrogens (tertiary/aromatic N) is 2. The lowest BCUT2D eigenvalue weighted by atomic mass is 10.1. The molecule has 0 unspecified atom stereocenters. The van der Waals surface area contributed by atoms with Gasteiger partial charge < -0.3 is 5.32 Å². The third kappa shape index (κ3) is 3.74. The van der Waals surface area contributed by atoms with Gasteiger partial charge in [0.2, 0.25) is 0 Å². The fourth-order valence-corrected chi connectivity index (χ4v) is 3.12. The van der Waals surface area contributed by atoms with Gasteiger partial charge in [-0.25, -0.2) is 0 Å². The molecular weight excluding hydrogens is 334 g/mol. The molecular formula is C20H20ClN3O. The molecule has 0 aliphatic rings. The maximum absolute atomic E-state index is 12.7. The third-order valence-electron chi connectivity index (χ3n) is 4.16. The molecule has 0 fully saturated rings. The van der Waals surface area contributed by atoms with Crippen LogP contribution >= 0.6 is 11.6 Å². The first-order valence-electron chi connectivity index (χ1n) is 8.11. The zero-order valence-corrected chi connectivity index (χ0v) is 15.3. The number of halogens is 1. The molecule has 4 nitrogen and oxygen atoms in total. The summed E-state index contributed by atoms with van der Waals surface area (Å²) in [7, 11) is 0. The summed E-state index contributed by atoms with van der Waals surface area (Å²) in [5, 5.41) is 7.94. The van der Waals surface area contributed by atoms with Gasteiger partial charge in [0.1, 0.15) is 0 Å². The van der Waals surface area contributed by atoms with Gasteiger partial charge in [-0.1, -0.05) is 48.0 Å². The van der Waals surface area contributed by atoms with Crippen molar-refractivity contribution in [3.63, 3.8) is 0 Å². The van der Waals surface area contributed by atoms with Crippen LogP contribution in [0.1, 0.15) is 32.9 Å². The van der Waals surface area contributed by atoms with Crippen LogP contribution in [0.4, 0.5) is 5.69 Å². The second kappa shape index (κ2) is 7.11. The van der Waals surface area contributed by atoms with Crippen LogP contribution in [0.5, 0.6) is 0 Å². The van der Waals surface area contributed by atoms with Crippen molar-refractivity contribution in [1.29, 1.82) is 0 Å². The Morgan fingerprint density at radius 3 is 2.52 bits per heavy atom. The van der Waals surface area contributed by atoms with Crippen LogP contribution < -0.4 is 5.32 Å². The van der Waals surface area contributed by atoms with E-state index in [0.717, 1.165) is 16.8 Å². The topological polar surface area (TPSA) is 46.9 Å². The highest BCUT2D eigenvalue weighted by molar-refractivity contribution is 6.34. The maximum atomic E-state index is 12.7. The molecule has 1 N–H and O–H groups in total. The van der Waals surface area contributed by atoms with Crippen LogP contribution in [-0.4, -0.2) is 15.7 Å². The van der Waals surface area contributed by atoms with Gasteiger partial charge in [-0.05, 0) is 44.0 Å². The average Bonchev–Trinajstić information content (AvgIpc) is 2.85. The Morgan fingerprint density at radius 2 is 1.84 bits per heavy atom. The van der Waals surface area contributed by atoms with Crippen molar-refractivity contribution in [2.45, 2.75) is 27.3 Å². The fraction of sp³-hybridized carbons (Fsp3) is 0.200. The summed E-state index contributed by atoms with van der Waals surface area (Å²) >= 11 is 6.22. The number of benzene rings is 2. The van der Waals surface area contributed by atoms with Crippen LogP contribution in [0.2, 0.25) is 5.02 Å². The highest BCUT2D eigenvalue weighted by atomic mass is 35.5. The van der Waals surface area contributed by atoms with E-state index in [1.807, 2.05) is 74.0 Å². The van der Waals surface area contributed by atoms with Crippen molar-refractivity contribution < 1.29 is 4.79 Å². The standard InChI is InChI=1S/C20H20ClN3O/c1-13-9-10-18(17(21)11-13)22-20(25)19-14(2)23-24(15(19)3)12-16-7-5-4-6-8-16/h4-11H,12H2,1-3H3,(H,22,25). The molecule has 0 spiro atoms. The molecule has 0 saturated carbocycles. The predicted octanol–water partition coefficient (Wildman–Crippen LogP) is 4.76. The Balaban J connectivity index is 1.85. The molecule has 2 aromatic carbocycles. The van der Waals surface area contributed by atoms with Crippen LogP contribution in [0.3, 0.4) is 0 Å². The Kier molecular flexibility index (Phi) is 4.91. The smallest absolute Gasteiger partial charge is 0.259 e. The lowest BCUT2D eigenvalue weighted by molar-refractivity contribution is 0.102. The Bertz CT molecular complexity index is 916. The third-order valence-corrected chi connectivity index (χ3v) is 4.47. The fourth-order valence-electron chi connectivity index (χ4n) is 2.84. The van der Waals surface area contributed by atoms with Crippen molar-refractivity contribution in [2.75, 3.05) is 5.32 Å². The van der Waals surface area contributed by atoms with Crippen LogP contribution in [0.25, 0.3) is 0 Å². The van der Waals surface area contributed by atoms with E-state index in [1.54, 1.807) is 0 Å². The zero-order valence-electron chi connectivity index (χ0n) is 14.5. The lowest BCUT2D eigenvalue weighted by Crippen LogP contribution is -2.14. The molecule has 3 aromatic rings.